The van der Waals surface area contributed by atoms with Crippen molar-refractivity contribution in [1.82, 2.24) is 15.3 Å². The fourth-order valence-corrected chi connectivity index (χ4v) is 3.36. The summed E-state index contributed by atoms with van der Waals surface area (Å²) in [6.45, 7) is 1.97. The Balaban J connectivity index is 2.02. The van der Waals surface area contributed by atoms with Crippen LogP contribution >= 0.6 is 0 Å². The molecule has 0 spiro atoms. The summed E-state index contributed by atoms with van der Waals surface area (Å²) in [5.41, 5.74) is 15.9. The minimum absolute atomic E-state index is 0.0221. The quantitative estimate of drug-likeness (QED) is 0.327. The highest BCUT2D eigenvalue weighted by Gasteiger charge is 2.30. The van der Waals surface area contributed by atoms with Crippen LogP contribution in [0.3, 0.4) is 0 Å². The smallest absolute Gasteiger partial charge is 0.211 e. The Bertz CT molecular complexity index is 1190. The van der Waals surface area contributed by atoms with Gasteiger partial charge in [-0.25, -0.2) is 9.98 Å². The highest BCUT2D eigenvalue weighted by atomic mass is 15.2. The molecule has 9 nitrogen and oxygen atoms in total. The number of hydrogen-bond acceptors (Lipinski definition) is 8. The number of anilines is 3. The molecule has 3 aromatic rings. The number of rotatable bonds is 1. The lowest BCUT2D eigenvalue weighted by Gasteiger charge is -2.26. The summed E-state index contributed by atoms with van der Waals surface area (Å²) >= 11 is 0. The maximum absolute atomic E-state index is 9.40. The van der Waals surface area contributed by atoms with Gasteiger partial charge in [0.25, 0.3) is 0 Å². The molecule has 1 aromatic carbocycles. The number of nitrogens with zero attached hydrogens (tertiary/aromatic N) is 4. The summed E-state index contributed by atoms with van der Waals surface area (Å²) in [4.78, 5) is 12.2. The van der Waals surface area contributed by atoms with E-state index in [1.54, 1.807) is 0 Å². The molecule has 1 aliphatic heterocycles. The van der Waals surface area contributed by atoms with Crippen molar-refractivity contribution < 1.29 is 0 Å². The van der Waals surface area contributed by atoms with Gasteiger partial charge in [0.1, 0.15) is 29.3 Å². The number of H-pyrrole nitrogens is 1. The maximum atomic E-state index is 9.40. The molecule has 3 heterocycles. The third-order valence-electron chi connectivity index (χ3n) is 4.48. The third-order valence-corrected chi connectivity index (χ3v) is 4.48. The average Bonchev–Trinajstić information content (AvgIpc) is 3.01. The number of benzene rings is 1. The van der Waals surface area contributed by atoms with E-state index in [4.69, 9.17) is 16.7 Å². The molecule has 0 fully saturated rings. The van der Waals surface area contributed by atoms with Gasteiger partial charge >= 0.3 is 0 Å². The zero-order valence-electron chi connectivity index (χ0n) is 14.3. The van der Waals surface area contributed by atoms with Crippen LogP contribution in [0, 0.1) is 29.7 Å². The lowest BCUT2D eigenvalue weighted by atomic mass is 9.93. The number of aromatic nitrogens is 2. The van der Waals surface area contributed by atoms with E-state index in [-0.39, 0.29) is 23.0 Å². The van der Waals surface area contributed by atoms with Gasteiger partial charge in [-0.2, -0.15) is 10.5 Å². The third kappa shape index (κ3) is 2.46. The molecule has 1 unspecified atom stereocenters. The van der Waals surface area contributed by atoms with Gasteiger partial charge in [0.05, 0.1) is 5.69 Å². The van der Waals surface area contributed by atoms with Crippen molar-refractivity contribution in [3.63, 3.8) is 0 Å². The van der Waals surface area contributed by atoms with Crippen molar-refractivity contribution in [2.75, 3.05) is 16.8 Å². The Morgan fingerprint density at radius 1 is 1.26 bits per heavy atom. The van der Waals surface area contributed by atoms with Crippen LogP contribution in [-0.2, 0) is 0 Å². The minimum atomic E-state index is -0.559. The van der Waals surface area contributed by atoms with Gasteiger partial charge in [-0.3, -0.25) is 5.32 Å². The van der Waals surface area contributed by atoms with E-state index in [2.05, 4.69) is 25.6 Å². The molecular weight excluding hydrogens is 342 g/mol. The second-order valence-electron chi connectivity index (χ2n) is 6.16. The summed E-state index contributed by atoms with van der Waals surface area (Å²) in [7, 11) is 0. The van der Waals surface area contributed by atoms with E-state index < -0.39 is 6.04 Å². The predicted octanol–water partition coefficient (Wildman–Crippen LogP) is 1.85. The number of aryl methyl sites for hydroxylation is 1. The molecule has 2 aromatic heterocycles. The van der Waals surface area contributed by atoms with Crippen molar-refractivity contribution in [2.24, 2.45) is 4.99 Å². The lowest BCUT2D eigenvalue weighted by Crippen LogP contribution is -2.32. The number of nitriles is 2. The highest BCUT2D eigenvalue weighted by Crippen LogP contribution is 2.42. The van der Waals surface area contributed by atoms with Crippen LogP contribution in [0.2, 0.25) is 0 Å². The molecule has 0 radical (unpaired) electrons. The van der Waals surface area contributed by atoms with E-state index >= 15 is 0 Å². The Morgan fingerprint density at radius 2 is 2.07 bits per heavy atom. The van der Waals surface area contributed by atoms with Crippen LogP contribution in [0.5, 0.6) is 0 Å². The molecule has 27 heavy (non-hydrogen) atoms. The van der Waals surface area contributed by atoms with Crippen LogP contribution in [-0.4, -0.2) is 15.9 Å². The number of aliphatic imine (C=N–C) groups is 1. The summed E-state index contributed by atoms with van der Waals surface area (Å²) in [5, 5.41) is 24.8. The number of guanidine groups is 1. The fraction of sp³-hybridized carbons (Fsp3) is 0.111. The first kappa shape index (κ1) is 16.2. The number of hydrogen-bond donors (Lipinski definition) is 5. The molecule has 0 amide bonds. The summed E-state index contributed by atoms with van der Waals surface area (Å²) in [5.74, 6) is 0.621. The SMILES string of the molecule is Cc1cc2c(C3N=C(NC#N)Nc4nc(N)c(C#N)c(N)c43)cccc2[nH]1. The number of nitrogens with two attached hydrogens (primary N) is 2. The van der Waals surface area contributed by atoms with Crippen molar-refractivity contribution in [1.29, 1.82) is 10.5 Å². The first-order valence-electron chi connectivity index (χ1n) is 8.10. The molecule has 0 saturated carbocycles. The van der Waals surface area contributed by atoms with Gasteiger partial charge < -0.3 is 21.8 Å². The number of nitrogens with one attached hydrogen (secondary N) is 3. The van der Waals surface area contributed by atoms with Gasteiger partial charge in [-0.1, -0.05) is 12.1 Å². The Labute approximate surface area is 154 Å². The highest BCUT2D eigenvalue weighted by molar-refractivity contribution is 5.99. The molecule has 1 atom stereocenters. The van der Waals surface area contributed by atoms with E-state index in [0.717, 1.165) is 22.2 Å². The first-order valence-corrected chi connectivity index (χ1v) is 8.10. The maximum Gasteiger partial charge on any atom is 0.211 e. The normalized spacial score (nSPS) is 15.2. The second kappa shape index (κ2) is 5.93. The number of pyridine rings is 1. The van der Waals surface area contributed by atoms with Crippen LogP contribution < -0.4 is 22.1 Å². The lowest BCUT2D eigenvalue weighted by molar-refractivity contribution is 0.854. The topological polar surface area (TPSA) is 165 Å². The van der Waals surface area contributed by atoms with Gasteiger partial charge in [-0.05, 0) is 24.6 Å². The average molecular weight is 357 g/mol. The van der Waals surface area contributed by atoms with Crippen molar-refractivity contribution >= 4 is 34.2 Å². The fourth-order valence-electron chi connectivity index (χ4n) is 3.36. The molecule has 7 N–H and O–H groups in total. The summed E-state index contributed by atoms with van der Waals surface area (Å²) in [6.07, 6.45) is 1.84. The van der Waals surface area contributed by atoms with Gasteiger partial charge in [0.2, 0.25) is 5.96 Å². The van der Waals surface area contributed by atoms with Gasteiger partial charge in [0, 0.05) is 22.2 Å². The van der Waals surface area contributed by atoms with Crippen LogP contribution in [0.25, 0.3) is 10.9 Å². The van der Waals surface area contributed by atoms with Crippen molar-refractivity contribution in [3.8, 4) is 12.3 Å². The van der Waals surface area contributed by atoms with Crippen LogP contribution in [0.1, 0.15) is 28.4 Å². The number of nitrogen functional groups attached to an aromatic ring is 2. The Hall–Kier alpha value is -4.24. The van der Waals surface area contributed by atoms with Gasteiger partial charge in [0.15, 0.2) is 6.19 Å². The van der Waals surface area contributed by atoms with Gasteiger partial charge in [-0.15, -0.1) is 0 Å². The molecule has 0 bridgehead atoms. The van der Waals surface area contributed by atoms with E-state index in [9.17, 15) is 5.26 Å². The zero-order chi connectivity index (χ0) is 19.1. The molecule has 1 aliphatic rings. The largest absolute Gasteiger partial charge is 0.397 e. The first-order chi connectivity index (χ1) is 13.0. The number of fused-ring (bicyclic) bond motifs is 2. The minimum Gasteiger partial charge on any atom is -0.397 e. The van der Waals surface area contributed by atoms with E-state index in [0.29, 0.717) is 11.4 Å². The molecule has 132 valence electrons. The van der Waals surface area contributed by atoms with E-state index in [1.807, 2.05) is 43.5 Å². The van der Waals surface area contributed by atoms with Crippen LogP contribution in [0.15, 0.2) is 29.3 Å². The Morgan fingerprint density at radius 3 is 2.81 bits per heavy atom. The molecule has 9 heteroatoms. The standard InChI is InChI=1S/C18H15N9/c1-8-5-10-9(3-2-4-12(10)24-8)15-13-14(21)11(6-19)16(22)26-17(13)27-18(25-15)23-7-20/h2-5,15,24H,1H3,(H6,21,22,23,25,26,27). The molecule has 0 saturated heterocycles. The summed E-state index contributed by atoms with van der Waals surface area (Å²) in [6, 6.07) is 9.28. The second-order valence-corrected chi connectivity index (χ2v) is 6.16. The monoisotopic (exact) mass is 357 g/mol. The van der Waals surface area contributed by atoms with Crippen molar-refractivity contribution in [3.05, 3.63) is 46.6 Å². The summed E-state index contributed by atoms with van der Waals surface area (Å²) < 4.78 is 0. The predicted molar refractivity (Wildman–Crippen MR) is 102 cm³/mol. The Kier molecular flexibility index (Phi) is 3.57. The van der Waals surface area contributed by atoms with Crippen LogP contribution in [0.4, 0.5) is 17.3 Å². The van der Waals surface area contributed by atoms with Crippen molar-refractivity contribution in [2.45, 2.75) is 13.0 Å². The van der Waals surface area contributed by atoms with E-state index in [1.165, 1.54) is 0 Å². The zero-order valence-corrected chi connectivity index (χ0v) is 14.3. The molecule has 0 aliphatic carbocycles. The molecule has 4 rings (SSSR count). The number of aromatic amines is 1. The molecular formula is C18H15N9.